The van der Waals surface area contributed by atoms with Crippen molar-refractivity contribution >= 4 is 21.6 Å². The van der Waals surface area contributed by atoms with Crippen LogP contribution in [0, 0.1) is 10.1 Å². The van der Waals surface area contributed by atoms with Gasteiger partial charge in [0, 0.05) is 29.2 Å². The van der Waals surface area contributed by atoms with Crippen LogP contribution >= 0.6 is 15.9 Å². The van der Waals surface area contributed by atoms with Gasteiger partial charge in [0.05, 0.1) is 30.8 Å². The normalized spacial score (nSPS) is 20.4. The zero-order valence-electron chi connectivity index (χ0n) is 10.3. The summed E-state index contributed by atoms with van der Waals surface area (Å²) >= 11 is 3.24. The summed E-state index contributed by atoms with van der Waals surface area (Å²) in [5.74, 6) is 0. The molecule has 1 fully saturated rings. The molecule has 6 nitrogen and oxygen atoms in total. The fourth-order valence-electron chi connectivity index (χ4n) is 2.12. The summed E-state index contributed by atoms with van der Waals surface area (Å²) in [4.78, 5) is 12.7. The number of hydrogen-bond acceptors (Lipinski definition) is 5. The van der Waals surface area contributed by atoms with E-state index in [9.17, 15) is 15.2 Å². The molecule has 1 N–H and O–H groups in total. The van der Waals surface area contributed by atoms with E-state index in [1.165, 1.54) is 6.07 Å². The molecule has 1 aliphatic heterocycles. The Balaban J connectivity index is 2.20. The van der Waals surface area contributed by atoms with E-state index in [-0.39, 0.29) is 23.3 Å². The summed E-state index contributed by atoms with van der Waals surface area (Å²) in [5, 5.41) is 20.4. The van der Waals surface area contributed by atoms with Gasteiger partial charge in [0.15, 0.2) is 0 Å². The first-order valence-corrected chi connectivity index (χ1v) is 6.76. The summed E-state index contributed by atoms with van der Waals surface area (Å²) in [7, 11) is 0. The Bertz CT molecular complexity index is 469. The molecule has 2 rings (SSSR count). The second-order valence-corrected chi connectivity index (χ2v) is 5.33. The van der Waals surface area contributed by atoms with Crippen LogP contribution in [-0.4, -0.2) is 47.3 Å². The number of ether oxygens (including phenoxy) is 1. The SMILES string of the molecule is O=[N+]([O-])c1cc(Br)ccc1CN1CCOCC1CO. The van der Waals surface area contributed by atoms with Crippen LogP contribution in [0.1, 0.15) is 5.56 Å². The third-order valence-electron chi connectivity index (χ3n) is 3.18. The smallest absolute Gasteiger partial charge is 0.275 e. The molecule has 0 amide bonds. The van der Waals surface area contributed by atoms with Gasteiger partial charge in [-0.05, 0) is 12.1 Å². The zero-order valence-corrected chi connectivity index (χ0v) is 11.9. The Labute approximate surface area is 119 Å². The standard InChI is InChI=1S/C12H15BrN2O4/c13-10-2-1-9(12(5-10)15(17)18)6-14-3-4-19-8-11(14)7-16/h1-2,5,11,16H,3-4,6-8H2. The predicted octanol–water partition coefficient (Wildman–Crippen LogP) is 1.55. The van der Waals surface area contributed by atoms with Crippen molar-refractivity contribution in [2.24, 2.45) is 0 Å². The maximum Gasteiger partial charge on any atom is 0.275 e. The molecule has 0 radical (unpaired) electrons. The zero-order chi connectivity index (χ0) is 13.8. The summed E-state index contributed by atoms with van der Waals surface area (Å²) in [5.41, 5.74) is 0.742. The van der Waals surface area contributed by atoms with Gasteiger partial charge in [-0.25, -0.2) is 0 Å². The summed E-state index contributed by atoms with van der Waals surface area (Å²) in [6.45, 7) is 2.14. The molecule has 1 heterocycles. The fourth-order valence-corrected chi connectivity index (χ4v) is 2.47. The summed E-state index contributed by atoms with van der Waals surface area (Å²) in [6.07, 6.45) is 0. The Morgan fingerprint density at radius 2 is 2.37 bits per heavy atom. The van der Waals surface area contributed by atoms with Crippen LogP contribution in [0.5, 0.6) is 0 Å². The molecule has 1 aromatic rings. The Hall–Kier alpha value is -1.02. The molecule has 1 atom stereocenters. The molecule has 0 aromatic heterocycles. The lowest BCUT2D eigenvalue weighted by atomic mass is 10.1. The van der Waals surface area contributed by atoms with Gasteiger partial charge in [-0.1, -0.05) is 15.9 Å². The van der Waals surface area contributed by atoms with E-state index in [0.717, 1.165) is 0 Å². The van der Waals surface area contributed by atoms with Crippen molar-refractivity contribution in [1.82, 2.24) is 4.90 Å². The summed E-state index contributed by atoms with van der Waals surface area (Å²) < 4.78 is 5.98. The molecular formula is C12H15BrN2O4. The highest BCUT2D eigenvalue weighted by molar-refractivity contribution is 9.10. The lowest BCUT2D eigenvalue weighted by molar-refractivity contribution is -0.385. The van der Waals surface area contributed by atoms with Gasteiger partial charge >= 0.3 is 0 Å². The lowest BCUT2D eigenvalue weighted by Crippen LogP contribution is -2.46. The van der Waals surface area contributed by atoms with Gasteiger partial charge in [-0.3, -0.25) is 15.0 Å². The minimum atomic E-state index is -0.380. The van der Waals surface area contributed by atoms with Crippen molar-refractivity contribution in [3.63, 3.8) is 0 Å². The lowest BCUT2D eigenvalue weighted by Gasteiger charge is -2.34. The Morgan fingerprint density at radius 1 is 1.58 bits per heavy atom. The van der Waals surface area contributed by atoms with Crippen molar-refractivity contribution in [3.8, 4) is 0 Å². The molecule has 0 aliphatic carbocycles. The number of rotatable bonds is 4. The number of nitrogens with zero attached hydrogens (tertiary/aromatic N) is 2. The van der Waals surface area contributed by atoms with Crippen molar-refractivity contribution in [3.05, 3.63) is 38.3 Å². The van der Waals surface area contributed by atoms with Crippen LogP contribution in [0.2, 0.25) is 0 Å². The van der Waals surface area contributed by atoms with Crippen LogP contribution in [0.25, 0.3) is 0 Å². The van der Waals surface area contributed by atoms with E-state index < -0.39 is 0 Å². The fraction of sp³-hybridized carbons (Fsp3) is 0.500. The van der Waals surface area contributed by atoms with Gasteiger partial charge < -0.3 is 9.84 Å². The first kappa shape index (κ1) is 14.4. The number of aliphatic hydroxyl groups excluding tert-OH is 1. The van der Waals surface area contributed by atoms with Gasteiger partial charge in [0.25, 0.3) is 5.69 Å². The van der Waals surface area contributed by atoms with Crippen molar-refractivity contribution in [2.75, 3.05) is 26.4 Å². The average Bonchev–Trinajstić information content (AvgIpc) is 2.41. The van der Waals surface area contributed by atoms with Crippen LogP contribution < -0.4 is 0 Å². The second kappa shape index (κ2) is 6.42. The van der Waals surface area contributed by atoms with Gasteiger partial charge in [0.2, 0.25) is 0 Å². The maximum atomic E-state index is 11.1. The van der Waals surface area contributed by atoms with E-state index in [1.807, 2.05) is 4.90 Å². The quantitative estimate of drug-likeness (QED) is 0.669. The first-order valence-electron chi connectivity index (χ1n) is 5.97. The number of halogens is 1. The van der Waals surface area contributed by atoms with Crippen LogP contribution in [0.3, 0.4) is 0 Å². The molecule has 1 saturated heterocycles. The number of nitro benzene ring substituents is 1. The molecule has 7 heteroatoms. The van der Waals surface area contributed by atoms with Crippen molar-refractivity contribution < 1.29 is 14.8 Å². The number of morpholine rings is 1. The number of nitro groups is 1. The van der Waals surface area contributed by atoms with E-state index in [2.05, 4.69) is 15.9 Å². The first-order chi connectivity index (χ1) is 9.11. The highest BCUT2D eigenvalue weighted by atomic mass is 79.9. The number of benzene rings is 1. The van der Waals surface area contributed by atoms with Crippen LogP contribution in [0.15, 0.2) is 22.7 Å². The number of hydrogen-bond donors (Lipinski definition) is 1. The Morgan fingerprint density at radius 3 is 3.05 bits per heavy atom. The molecule has 104 valence electrons. The minimum Gasteiger partial charge on any atom is -0.395 e. The highest BCUT2D eigenvalue weighted by Gasteiger charge is 2.25. The third kappa shape index (κ3) is 3.50. The molecule has 1 unspecified atom stereocenters. The molecule has 1 aromatic carbocycles. The second-order valence-electron chi connectivity index (χ2n) is 4.41. The molecule has 0 saturated carbocycles. The van der Waals surface area contributed by atoms with Crippen LogP contribution in [0.4, 0.5) is 5.69 Å². The van der Waals surface area contributed by atoms with E-state index >= 15 is 0 Å². The monoisotopic (exact) mass is 330 g/mol. The average molecular weight is 331 g/mol. The van der Waals surface area contributed by atoms with E-state index in [0.29, 0.717) is 36.3 Å². The largest absolute Gasteiger partial charge is 0.395 e. The molecule has 0 bridgehead atoms. The molecular weight excluding hydrogens is 316 g/mol. The van der Waals surface area contributed by atoms with Crippen molar-refractivity contribution in [2.45, 2.75) is 12.6 Å². The van der Waals surface area contributed by atoms with Crippen LogP contribution in [-0.2, 0) is 11.3 Å². The maximum absolute atomic E-state index is 11.1. The predicted molar refractivity (Wildman–Crippen MR) is 72.9 cm³/mol. The minimum absolute atomic E-state index is 0.00960. The van der Waals surface area contributed by atoms with Gasteiger partial charge in [-0.15, -0.1) is 0 Å². The number of aliphatic hydroxyl groups is 1. The van der Waals surface area contributed by atoms with Crippen molar-refractivity contribution in [1.29, 1.82) is 0 Å². The summed E-state index contributed by atoms with van der Waals surface area (Å²) in [6, 6.07) is 4.93. The van der Waals surface area contributed by atoms with Gasteiger partial charge in [-0.2, -0.15) is 0 Å². The molecule has 1 aliphatic rings. The van der Waals surface area contributed by atoms with Gasteiger partial charge in [0.1, 0.15) is 0 Å². The van der Waals surface area contributed by atoms with E-state index in [1.54, 1.807) is 12.1 Å². The van der Waals surface area contributed by atoms with E-state index in [4.69, 9.17) is 4.74 Å². The third-order valence-corrected chi connectivity index (χ3v) is 3.67. The topological polar surface area (TPSA) is 75.8 Å². The Kier molecular flexibility index (Phi) is 4.87. The molecule has 19 heavy (non-hydrogen) atoms. The molecule has 0 spiro atoms. The highest BCUT2D eigenvalue weighted by Crippen LogP contribution is 2.25.